The average Bonchev–Trinajstić information content (AvgIpc) is 2.77. The van der Waals surface area contributed by atoms with Crippen molar-refractivity contribution in [3.05, 3.63) is 59.1 Å². The van der Waals surface area contributed by atoms with Gasteiger partial charge < -0.3 is 16.4 Å². The summed E-state index contributed by atoms with van der Waals surface area (Å²) in [6.07, 6.45) is 6.09. The van der Waals surface area contributed by atoms with Gasteiger partial charge in [0, 0.05) is 41.0 Å². The SMILES string of the molecule is CC(C)(CNC(=O)C(N)C1CCC(C(=O)Nc2ccncc2)CC1)c1ccc(F)cc1Cl. The van der Waals surface area contributed by atoms with Gasteiger partial charge in [0.1, 0.15) is 5.82 Å². The van der Waals surface area contributed by atoms with Crippen LogP contribution in [0, 0.1) is 17.7 Å². The molecular formula is C24H30ClFN4O2. The lowest BCUT2D eigenvalue weighted by Gasteiger charge is -2.32. The molecule has 2 aromatic rings. The summed E-state index contributed by atoms with van der Waals surface area (Å²) in [6.45, 7) is 4.20. The summed E-state index contributed by atoms with van der Waals surface area (Å²) in [7, 11) is 0. The van der Waals surface area contributed by atoms with Crippen molar-refractivity contribution in [1.29, 1.82) is 0 Å². The highest BCUT2D eigenvalue weighted by Crippen LogP contribution is 2.32. The predicted molar refractivity (Wildman–Crippen MR) is 124 cm³/mol. The minimum Gasteiger partial charge on any atom is -0.354 e. The van der Waals surface area contributed by atoms with Crippen molar-refractivity contribution < 1.29 is 14.0 Å². The summed E-state index contributed by atoms with van der Waals surface area (Å²) in [5, 5.41) is 6.17. The standard InChI is InChI=1S/C24H30ClFN4O2/c1-24(2,19-8-7-17(26)13-20(19)25)14-29-23(32)21(27)15-3-5-16(6-4-15)22(31)30-18-9-11-28-12-10-18/h7-13,15-16,21H,3-6,14,27H2,1-2H3,(H,29,32)(H,28,30,31). The van der Waals surface area contributed by atoms with Crippen LogP contribution in [-0.4, -0.2) is 29.4 Å². The molecule has 6 nitrogen and oxygen atoms in total. The summed E-state index contributed by atoms with van der Waals surface area (Å²) in [5.74, 6) is -0.691. The largest absolute Gasteiger partial charge is 0.354 e. The van der Waals surface area contributed by atoms with Gasteiger partial charge in [0.05, 0.1) is 6.04 Å². The van der Waals surface area contributed by atoms with Crippen molar-refractivity contribution in [2.45, 2.75) is 51.0 Å². The molecule has 1 aromatic heterocycles. The van der Waals surface area contributed by atoms with Gasteiger partial charge in [-0.2, -0.15) is 0 Å². The molecule has 4 N–H and O–H groups in total. The van der Waals surface area contributed by atoms with Gasteiger partial charge in [-0.25, -0.2) is 4.39 Å². The number of nitrogens with two attached hydrogens (primary N) is 1. The Morgan fingerprint density at radius 1 is 1.19 bits per heavy atom. The van der Waals surface area contributed by atoms with Crippen LogP contribution in [0.1, 0.15) is 45.1 Å². The zero-order valence-corrected chi connectivity index (χ0v) is 19.2. The molecule has 1 unspecified atom stereocenters. The first-order valence-electron chi connectivity index (χ1n) is 10.9. The van der Waals surface area contributed by atoms with Crippen LogP contribution in [0.4, 0.5) is 10.1 Å². The van der Waals surface area contributed by atoms with Gasteiger partial charge in [-0.1, -0.05) is 31.5 Å². The topological polar surface area (TPSA) is 97.1 Å². The second-order valence-electron chi connectivity index (χ2n) is 9.09. The number of aromatic nitrogens is 1. The van der Waals surface area contributed by atoms with Crippen LogP contribution in [0.2, 0.25) is 5.02 Å². The van der Waals surface area contributed by atoms with E-state index in [1.807, 2.05) is 13.8 Å². The van der Waals surface area contributed by atoms with Crippen molar-refractivity contribution in [1.82, 2.24) is 10.3 Å². The maximum atomic E-state index is 13.3. The second-order valence-corrected chi connectivity index (χ2v) is 9.50. The number of amides is 2. The highest BCUT2D eigenvalue weighted by molar-refractivity contribution is 6.31. The molecule has 2 amide bonds. The van der Waals surface area contributed by atoms with Gasteiger partial charge in [0.25, 0.3) is 0 Å². The summed E-state index contributed by atoms with van der Waals surface area (Å²) < 4.78 is 13.3. The lowest BCUT2D eigenvalue weighted by atomic mass is 9.78. The van der Waals surface area contributed by atoms with Crippen molar-refractivity contribution in [3.8, 4) is 0 Å². The van der Waals surface area contributed by atoms with Crippen molar-refractivity contribution in [2.24, 2.45) is 17.6 Å². The van der Waals surface area contributed by atoms with E-state index in [1.165, 1.54) is 12.1 Å². The molecule has 1 saturated carbocycles. The van der Waals surface area contributed by atoms with Crippen molar-refractivity contribution >= 4 is 29.1 Å². The number of hydrogen-bond donors (Lipinski definition) is 3. The zero-order chi connectivity index (χ0) is 23.3. The first kappa shape index (κ1) is 24.1. The maximum absolute atomic E-state index is 13.3. The first-order chi connectivity index (χ1) is 15.2. The van der Waals surface area contributed by atoms with Crippen molar-refractivity contribution in [3.63, 3.8) is 0 Å². The van der Waals surface area contributed by atoms with E-state index in [9.17, 15) is 14.0 Å². The minimum atomic E-state index is -0.640. The molecule has 1 atom stereocenters. The molecule has 3 rings (SSSR count). The smallest absolute Gasteiger partial charge is 0.237 e. The number of nitrogens with one attached hydrogen (secondary N) is 2. The summed E-state index contributed by atoms with van der Waals surface area (Å²) >= 11 is 6.19. The third-order valence-electron chi connectivity index (χ3n) is 6.27. The lowest BCUT2D eigenvalue weighted by Crippen LogP contribution is -2.49. The Bertz CT molecular complexity index is 946. The van der Waals surface area contributed by atoms with Gasteiger partial charge in [-0.3, -0.25) is 14.6 Å². The molecule has 1 heterocycles. The molecule has 0 bridgehead atoms. The number of halogens is 2. The number of pyridine rings is 1. The third kappa shape index (κ3) is 6.04. The van der Waals surface area contributed by atoms with Gasteiger partial charge in [-0.05, 0) is 61.4 Å². The zero-order valence-electron chi connectivity index (χ0n) is 18.4. The van der Waals surface area contributed by atoms with E-state index >= 15 is 0 Å². The molecule has 0 spiro atoms. The fourth-order valence-corrected chi connectivity index (χ4v) is 4.62. The molecule has 1 aliphatic carbocycles. The van der Waals surface area contributed by atoms with Crippen LogP contribution >= 0.6 is 11.6 Å². The molecule has 1 aromatic carbocycles. The van der Waals surface area contributed by atoms with Crippen LogP contribution in [0.3, 0.4) is 0 Å². The highest BCUT2D eigenvalue weighted by atomic mass is 35.5. The molecular weight excluding hydrogens is 431 g/mol. The van der Waals surface area contributed by atoms with Gasteiger partial charge >= 0.3 is 0 Å². The van der Waals surface area contributed by atoms with Gasteiger partial charge in [0.15, 0.2) is 0 Å². The molecule has 1 aliphatic rings. The maximum Gasteiger partial charge on any atom is 0.237 e. The monoisotopic (exact) mass is 460 g/mol. The average molecular weight is 461 g/mol. The third-order valence-corrected chi connectivity index (χ3v) is 6.58. The Balaban J connectivity index is 1.48. The Hall–Kier alpha value is -2.51. The number of hydrogen-bond acceptors (Lipinski definition) is 4. The number of carbonyl (C=O) groups is 2. The number of nitrogens with zero attached hydrogens (tertiary/aromatic N) is 1. The molecule has 8 heteroatoms. The molecule has 0 saturated heterocycles. The number of anilines is 1. The van der Waals surface area contributed by atoms with Crippen LogP contribution in [-0.2, 0) is 15.0 Å². The Kier molecular flexibility index (Phi) is 7.85. The Morgan fingerprint density at radius 2 is 1.84 bits per heavy atom. The Labute approximate surface area is 193 Å². The molecule has 172 valence electrons. The molecule has 32 heavy (non-hydrogen) atoms. The van der Waals surface area contributed by atoms with Crippen LogP contribution in [0.25, 0.3) is 0 Å². The summed E-state index contributed by atoms with van der Waals surface area (Å²) in [5.41, 5.74) is 7.26. The van der Waals surface area contributed by atoms with Crippen LogP contribution in [0.5, 0.6) is 0 Å². The van der Waals surface area contributed by atoms with Crippen LogP contribution < -0.4 is 16.4 Å². The van der Waals surface area contributed by atoms with Crippen LogP contribution in [0.15, 0.2) is 42.7 Å². The van der Waals surface area contributed by atoms with E-state index in [1.54, 1.807) is 30.6 Å². The molecule has 1 fully saturated rings. The van der Waals surface area contributed by atoms with E-state index in [4.69, 9.17) is 17.3 Å². The summed E-state index contributed by atoms with van der Waals surface area (Å²) in [4.78, 5) is 29.1. The number of carbonyl (C=O) groups excluding carboxylic acids is 2. The first-order valence-corrected chi connectivity index (χ1v) is 11.2. The summed E-state index contributed by atoms with van der Waals surface area (Å²) in [6, 6.07) is 7.14. The van der Waals surface area contributed by atoms with E-state index in [0.29, 0.717) is 24.4 Å². The second kappa shape index (κ2) is 10.4. The molecule has 0 aliphatic heterocycles. The lowest BCUT2D eigenvalue weighted by molar-refractivity contribution is -0.124. The quantitative estimate of drug-likeness (QED) is 0.580. The normalized spacial score (nSPS) is 19.8. The van der Waals surface area contributed by atoms with E-state index in [2.05, 4.69) is 15.6 Å². The van der Waals surface area contributed by atoms with E-state index < -0.39 is 17.3 Å². The number of rotatable bonds is 7. The fraction of sp³-hybridized carbons (Fsp3) is 0.458. The number of benzene rings is 1. The van der Waals surface area contributed by atoms with E-state index in [0.717, 1.165) is 24.1 Å². The van der Waals surface area contributed by atoms with E-state index in [-0.39, 0.29) is 23.7 Å². The fourth-order valence-electron chi connectivity index (χ4n) is 4.19. The molecule has 0 radical (unpaired) electrons. The highest BCUT2D eigenvalue weighted by Gasteiger charge is 2.33. The predicted octanol–water partition coefficient (Wildman–Crippen LogP) is 4.04. The Morgan fingerprint density at radius 3 is 2.47 bits per heavy atom. The van der Waals surface area contributed by atoms with Gasteiger partial charge in [0.2, 0.25) is 11.8 Å². The van der Waals surface area contributed by atoms with Gasteiger partial charge in [-0.15, -0.1) is 0 Å². The van der Waals surface area contributed by atoms with Crippen molar-refractivity contribution in [2.75, 3.05) is 11.9 Å². The minimum absolute atomic E-state index is 0.00870.